The molecule has 0 aliphatic carbocycles. The second kappa shape index (κ2) is 8.86. The van der Waals surface area contributed by atoms with Gasteiger partial charge in [-0.1, -0.05) is 17.7 Å². The number of hydrogen-bond donors (Lipinski definition) is 2. The number of halogens is 1. The molecular weight excluding hydrogens is 442 g/mol. The molecule has 0 saturated carbocycles. The molecule has 31 heavy (non-hydrogen) atoms. The zero-order valence-corrected chi connectivity index (χ0v) is 18.2. The van der Waals surface area contributed by atoms with Crippen molar-refractivity contribution in [2.75, 3.05) is 19.7 Å². The fraction of sp³-hybridized carbons (Fsp3) is 0.333. The molecule has 2 N–H and O–H groups in total. The van der Waals surface area contributed by atoms with Crippen LogP contribution in [0.1, 0.15) is 28.8 Å². The van der Waals surface area contributed by atoms with Gasteiger partial charge in [0.1, 0.15) is 12.4 Å². The fourth-order valence-corrected chi connectivity index (χ4v) is 5.46. The summed E-state index contributed by atoms with van der Waals surface area (Å²) in [4.78, 5) is 25.0. The number of ether oxygens (including phenoxy) is 1. The van der Waals surface area contributed by atoms with Crippen LogP contribution in [0.15, 0.2) is 47.4 Å². The van der Waals surface area contributed by atoms with E-state index in [1.54, 1.807) is 18.2 Å². The summed E-state index contributed by atoms with van der Waals surface area (Å²) in [5, 5.41) is 0.556. The number of fused-ring (bicyclic) bond motifs is 1. The summed E-state index contributed by atoms with van der Waals surface area (Å²) in [6, 6.07) is 11.0. The smallest absolute Gasteiger partial charge is 0.269 e. The molecule has 0 aromatic heterocycles. The van der Waals surface area contributed by atoms with Crippen molar-refractivity contribution in [2.24, 2.45) is 5.92 Å². The predicted octanol–water partition coefficient (Wildman–Crippen LogP) is 2.14. The van der Waals surface area contributed by atoms with Crippen molar-refractivity contribution in [1.82, 2.24) is 15.2 Å². The SMILES string of the molecule is O=C(NNC(=O)C1COc2ccc(Cl)cc2C1)c1cccc(S(=O)(=O)N2CCCC2)c1. The van der Waals surface area contributed by atoms with Gasteiger partial charge in [0.2, 0.25) is 15.9 Å². The lowest BCUT2D eigenvalue weighted by Gasteiger charge is -2.24. The third kappa shape index (κ3) is 4.68. The molecule has 8 nitrogen and oxygen atoms in total. The topological polar surface area (TPSA) is 105 Å². The molecule has 2 aliphatic rings. The molecule has 0 spiro atoms. The first-order valence-corrected chi connectivity index (χ1v) is 11.8. The Morgan fingerprint density at radius 2 is 1.84 bits per heavy atom. The van der Waals surface area contributed by atoms with Crippen molar-refractivity contribution in [3.63, 3.8) is 0 Å². The highest BCUT2D eigenvalue weighted by Gasteiger charge is 2.28. The minimum atomic E-state index is -3.64. The molecule has 1 unspecified atom stereocenters. The van der Waals surface area contributed by atoms with Gasteiger partial charge in [0, 0.05) is 23.7 Å². The van der Waals surface area contributed by atoms with Gasteiger partial charge in [-0.25, -0.2) is 8.42 Å². The Hall–Kier alpha value is -2.62. The summed E-state index contributed by atoms with van der Waals surface area (Å²) in [5.74, 6) is -0.812. The van der Waals surface area contributed by atoms with E-state index in [9.17, 15) is 18.0 Å². The largest absolute Gasteiger partial charge is 0.492 e. The maximum atomic E-state index is 12.7. The molecule has 2 aromatic carbocycles. The van der Waals surface area contributed by atoms with E-state index in [1.807, 2.05) is 0 Å². The average molecular weight is 464 g/mol. The van der Waals surface area contributed by atoms with Crippen LogP contribution in [0.2, 0.25) is 5.02 Å². The number of nitrogens with zero attached hydrogens (tertiary/aromatic N) is 1. The zero-order chi connectivity index (χ0) is 22.0. The van der Waals surface area contributed by atoms with Gasteiger partial charge < -0.3 is 4.74 Å². The molecule has 164 valence electrons. The van der Waals surface area contributed by atoms with E-state index in [4.69, 9.17) is 16.3 Å². The molecule has 10 heteroatoms. The van der Waals surface area contributed by atoms with Gasteiger partial charge in [-0.3, -0.25) is 20.4 Å². The van der Waals surface area contributed by atoms with Gasteiger partial charge in [-0.15, -0.1) is 0 Å². The quantitative estimate of drug-likeness (QED) is 0.676. The molecule has 0 radical (unpaired) electrons. The second-order valence-corrected chi connectivity index (χ2v) is 9.92. The number of nitrogens with one attached hydrogen (secondary N) is 2. The van der Waals surface area contributed by atoms with Crippen molar-refractivity contribution in [3.05, 3.63) is 58.6 Å². The Morgan fingerprint density at radius 1 is 1.06 bits per heavy atom. The van der Waals surface area contributed by atoms with Crippen LogP contribution in [0.4, 0.5) is 0 Å². The predicted molar refractivity (Wildman–Crippen MR) is 114 cm³/mol. The Balaban J connectivity index is 1.38. The van der Waals surface area contributed by atoms with Crippen LogP contribution < -0.4 is 15.6 Å². The van der Waals surface area contributed by atoms with Crippen LogP contribution in [0.5, 0.6) is 5.75 Å². The van der Waals surface area contributed by atoms with Crippen molar-refractivity contribution < 1.29 is 22.7 Å². The highest BCUT2D eigenvalue weighted by molar-refractivity contribution is 7.89. The third-order valence-electron chi connectivity index (χ3n) is 5.40. The minimum Gasteiger partial charge on any atom is -0.492 e. The van der Waals surface area contributed by atoms with E-state index >= 15 is 0 Å². The number of amides is 2. The van der Waals surface area contributed by atoms with Crippen molar-refractivity contribution in [1.29, 1.82) is 0 Å². The number of carbonyl (C=O) groups excluding carboxylic acids is 2. The summed E-state index contributed by atoms with van der Waals surface area (Å²) < 4.78 is 32.4. The highest BCUT2D eigenvalue weighted by Crippen LogP contribution is 2.29. The van der Waals surface area contributed by atoms with Gasteiger partial charge in [-0.2, -0.15) is 4.31 Å². The first-order valence-electron chi connectivity index (χ1n) is 9.96. The monoisotopic (exact) mass is 463 g/mol. The Kier molecular flexibility index (Phi) is 6.17. The molecule has 1 atom stereocenters. The lowest BCUT2D eigenvalue weighted by atomic mass is 9.96. The summed E-state index contributed by atoms with van der Waals surface area (Å²) in [6.45, 7) is 1.14. The van der Waals surface area contributed by atoms with E-state index < -0.39 is 27.8 Å². The van der Waals surface area contributed by atoms with E-state index in [0.717, 1.165) is 18.4 Å². The third-order valence-corrected chi connectivity index (χ3v) is 7.53. The lowest BCUT2D eigenvalue weighted by molar-refractivity contribution is -0.127. The van der Waals surface area contributed by atoms with Crippen molar-refractivity contribution in [2.45, 2.75) is 24.2 Å². The lowest BCUT2D eigenvalue weighted by Crippen LogP contribution is -2.47. The van der Waals surface area contributed by atoms with Crippen LogP contribution in [0.25, 0.3) is 0 Å². The van der Waals surface area contributed by atoms with Crippen LogP contribution >= 0.6 is 11.6 Å². The first-order chi connectivity index (χ1) is 14.8. The van der Waals surface area contributed by atoms with Crippen molar-refractivity contribution in [3.8, 4) is 5.75 Å². The summed E-state index contributed by atoms with van der Waals surface area (Å²) >= 11 is 6.00. The van der Waals surface area contributed by atoms with Crippen molar-refractivity contribution >= 4 is 33.4 Å². The molecule has 1 saturated heterocycles. The molecule has 2 amide bonds. The Labute approximate surface area is 185 Å². The zero-order valence-electron chi connectivity index (χ0n) is 16.6. The average Bonchev–Trinajstić information content (AvgIpc) is 3.32. The maximum Gasteiger partial charge on any atom is 0.269 e. The molecular formula is C21H22ClN3O5S. The molecule has 4 rings (SSSR count). The second-order valence-electron chi connectivity index (χ2n) is 7.55. The van der Waals surface area contributed by atoms with Gasteiger partial charge in [0.25, 0.3) is 5.91 Å². The fourth-order valence-electron chi connectivity index (χ4n) is 3.70. The maximum absolute atomic E-state index is 12.7. The van der Waals surface area contributed by atoms with Gasteiger partial charge in [-0.05, 0) is 61.2 Å². The van der Waals surface area contributed by atoms with Gasteiger partial charge >= 0.3 is 0 Å². The summed E-state index contributed by atoms with van der Waals surface area (Å²) in [5.41, 5.74) is 5.71. The number of sulfonamides is 1. The number of rotatable bonds is 4. The molecule has 0 bridgehead atoms. The number of benzene rings is 2. The van der Waals surface area contributed by atoms with Crippen LogP contribution in [0.3, 0.4) is 0 Å². The van der Waals surface area contributed by atoms with Crippen LogP contribution in [-0.2, 0) is 21.2 Å². The van der Waals surface area contributed by atoms with E-state index in [0.29, 0.717) is 30.3 Å². The highest BCUT2D eigenvalue weighted by atomic mass is 35.5. The molecule has 2 aliphatic heterocycles. The number of hydrogen-bond acceptors (Lipinski definition) is 5. The Bertz CT molecular complexity index is 1120. The standard InChI is InChI=1S/C21H22ClN3O5S/c22-17-6-7-19-15(11-17)10-16(13-30-19)21(27)24-23-20(26)14-4-3-5-18(12-14)31(28,29)25-8-1-2-9-25/h3-7,11-12,16H,1-2,8-10,13H2,(H,23,26)(H,24,27). The normalized spacial score (nSPS) is 18.7. The summed E-state index contributed by atoms with van der Waals surface area (Å²) in [6.07, 6.45) is 2.08. The molecule has 2 aromatic rings. The summed E-state index contributed by atoms with van der Waals surface area (Å²) in [7, 11) is -3.64. The van der Waals surface area contributed by atoms with E-state index in [1.165, 1.54) is 28.6 Å². The molecule has 1 fully saturated rings. The minimum absolute atomic E-state index is 0.0579. The van der Waals surface area contributed by atoms with Gasteiger partial charge in [0.05, 0.1) is 10.8 Å². The van der Waals surface area contributed by atoms with Crippen LogP contribution in [-0.4, -0.2) is 44.2 Å². The van der Waals surface area contributed by atoms with Gasteiger partial charge in [0.15, 0.2) is 0 Å². The van der Waals surface area contributed by atoms with Crippen LogP contribution in [0, 0.1) is 5.92 Å². The first kappa shape index (κ1) is 21.6. The van der Waals surface area contributed by atoms with E-state index in [-0.39, 0.29) is 17.1 Å². The van der Waals surface area contributed by atoms with E-state index in [2.05, 4.69) is 10.9 Å². The number of hydrazine groups is 1. The number of carbonyl (C=O) groups is 2. The molecule has 2 heterocycles. The Morgan fingerprint density at radius 3 is 2.61 bits per heavy atom.